The zero-order valence-corrected chi connectivity index (χ0v) is 14.1. The van der Waals surface area contributed by atoms with Gasteiger partial charge in [-0.1, -0.05) is 12.1 Å². The lowest BCUT2D eigenvalue weighted by Crippen LogP contribution is -1.95. The third kappa shape index (κ3) is 2.77. The number of hydrogen-bond acceptors (Lipinski definition) is 4. The minimum atomic E-state index is -0.645. The predicted molar refractivity (Wildman–Crippen MR) is 95.9 cm³/mol. The van der Waals surface area contributed by atoms with E-state index in [0.717, 1.165) is 0 Å². The predicted octanol–water partition coefficient (Wildman–Crippen LogP) is 4.45. The van der Waals surface area contributed by atoms with Crippen molar-refractivity contribution in [1.82, 2.24) is 15.0 Å². The summed E-state index contributed by atoms with van der Waals surface area (Å²) < 4.78 is 33.4. The molecule has 4 aromatic rings. The number of rotatable bonds is 3. The molecule has 0 aliphatic rings. The van der Waals surface area contributed by atoms with Crippen LogP contribution < -0.4 is 4.74 Å². The van der Waals surface area contributed by atoms with E-state index in [1.165, 1.54) is 37.7 Å². The van der Waals surface area contributed by atoms with Crippen LogP contribution >= 0.6 is 0 Å². The molecule has 0 unspecified atom stereocenters. The van der Waals surface area contributed by atoms with Gasteiger partial charge in [-0.05, 0) is 29.8 Å². The van der Waals surface area contributed by atoms with E-state index in [-0.39, 0.29) is 11.3 Å². The SMILES string of the molecule is COc1ccc(-c2c(-c3ccc(C#N)c(F)c3)ncc3nc[nH]c23)cc1F. The van der Waals surface area contributed by atoms with Gasteiger partial charge in [0.1, 0.15) is 17.4 Å². The van der Waals surface area contributed by atoms with Gasteiger partial charge in [-0.3, -0.25) is 4.98 Å². The Bertz CT molecular complexity index is 1210. The number of ether oxygens (including phenoxy) is 1. The van der Waals surface area contributed by atoms with E-state index in [0.29, 0.717) is 33.4 Å². The zero-order chi connectivity index (χ0) is 19.0. The van der Waals surface area contributed by atoms with Crippen LogP contribution in [0.3, 0.4) is 0 Å². The maximum atomic E-state index is 14.3. The molecule has 4 rings (SSSR count). The summed E-state index contributed by atoms with van der Waals surface area (Å²) in [6.45, 7) is 0. The highest BCUT2D eigenvalue weighted by molar-refractivity contribution is 5.98. The Labute approximate surface area is 152 Å². The van der Waals surface area contributed by atoms with Gasteiger partial charge in [0.15, 0.2) is 11.6 Å². The summed E-state index contributed by atoms with van der Waals surface area (Å²) >= 11 is 0. The smallest absolute Gasteiger partial charge is 0.165 e. The Morgan fingerprint density at radius 2 is 1.81 bits per heavy atom. The van der Waals surface area contributed by atoms with Crippen LogP contribution in [0.4, 0.5) is 8.78 Å². The molecule has 2 aromatic carbocycles. The number of pyridine rings is 1. The van der Waals surface area contributed by atoms with Gasteiger partial charge in [-0.2, -0.15) is 5.26 Å². The number of imidazole rings is 1. The monoisotopic (exact) mass is 362 g/mol. The van der Waals surface area contributed by atoms with Crippen molar-refractivity contribution in [1.29, 1.82) is 5.26 Å². The number of nitrogens with zero attached hydrogens (tertiary/aromatic N) is 3. The number of aromatic nitrogens is 3. The van der Waals surface area contributed by atoms with Gasteiger partial charge in [-0.25, -0.2) is 13.8 Å². The fraction of sp³-hybridized carbons (Fsp3) is 0.0500. The van der Waals surface area contributed by atoms with Crippen LogP contribution in [0.15, 0.2) is 48.9 Å². The summed E-state index contributed by atoms with van der Waals surface area (Å²) in [5.74, 6) is -1.05. The van der Waals surface area contributed by atoms with Crippen molar-refractivity contribution >= 4 is 11.0 Å². The third-order valence-electron chi connectivity index (χ3n) is 4.27. The molecule has 132 valence electrons. The molecular weight excluding hydrogens is 350 g/mol. The second-order valence-electron chi connectivity index (χ2n) is 5.80. The van der Waals surface area contributed by atoms with Gasteiger partial charge in [0.25, 0.3) is 0 Å². The van der Waals surface area contributed by atoms with E-state index in [2.05, 4.69) is 15.0 Å². The quantitative estimate of drug-likeness (QED) is 0.584. The molecule has 0 aliphatic carbocycles. The third-order valence-corrected chi connectivity index (χ3v) is 4.27. The number of hydrogen-bond donors (Lipinski definition) is 1. The van der Waals surface area contributed by atoms with Crippen LogP contribution in [0, 0.1) is 23.0 Å². The Morgan fingerprint density at radius 3 is 2.52 bits per heavy atom. The number of aromatic amines is 1. The minimum Gasteiger partial charge on any atom is -0.494 e. The average Bonchev–Trinajstić information content (AvgIpc) is 3.16. The normalized spacial score (nSPS) is 10.7. The van der Waals surface area contributed by atoms with Crippen LogP contribution in [0.2, 0.25) is 0 Å². The van der Waals surface area contributed by atoms with Crippen molar-refractivity contribution in [2.75, 3.05) is 7.11 Å². The van der Waals surface area contributed by atoms with Gasteiger partial charge in [0.05, 0.1) is 36.4 Å². The minimum absolute atomic E-state index is 0.0570. The topological polar surface area (TPSA) is 74.6 Å². The first-order chi connectivity index (χ1) is 13.1. The van der Waals surface area contributed by atoms with Crippen molar-refractivity contribution in [2.24, 2.45) is 0 Å². The lowest BCUT2D eigenvalue weighted by molar-refractivity contribution is 0.386. The molecule has 0 radical (unpaired) electrons. The Morgan fingerprint density at radius 1 is 1.04 bits per heavy atom. The molecule has 0 fully saturated rings. The van der Waals surface area contributed by atoms with E-state index < -0.39 is 11.6 Å². The van der Waals surface area contributed by atoms with E-state index in [1.54, 1.807) is 24.4 Å². The first-order valence-electron chi connectivity index (χ1n) is 7.98. The largest absolute Gasteiger partial charge is 0.494 e. The highest BCUT2D eigenvalue weighted by Crippen LogP contribution is 2.37. The van der Waals surface area contributed by atoms with Crippen LogP contribution in [-0.2, 0) is 0 Å². The number of H-pyrrole nitrogens is 1. The summed E-state index contributed by atoms with van der Waals surface area (Å²) in [4.78, 5) is 11.6. The summed E-state index contributed by atoms with van der Waals surface area (Å²) in [7, 11) is 1.39. The molecular formula is C20H12F2N4O. The molecule has 2 aromatic heterocycles. The molecule has 7 heteroatoms. The van der Waals surface area contributed by atoms with Gasteiger partial charge in [0.2, 0.25) is 0 Å². The fourth-order valence-electron chi connectivity index (χ4n) is 2.99. The van der Waals surface area contributed by atoms with Crippen molar-refractivity contribution in [3.8, 4) is 34.2 Å². The van der Waals surface area contributed by atoms with Crippen LogP contribution in [0.1, 0.15) is 5.56 Å². The molecule has 27 heavy (non-hydrogen) atoms. The second-order valence-corrected chi connectivity index (χ2v) is 5.80. The first kappa shape index (κ1) is 16.7. The van der Waals surface area contributed by atoms with E-state index in [4.69, 9.17) is 10.00 Å². The van der Waals surface area contributed by atoms with Crippen molar-refractivity contribution in [3.05, 3.63) is 66.1 Å². The van der Waals surface area contributed by atoms with Crippen LogP contribution in [-0.4, -0.2) is 22.1 Å². The number of nitrogens with one attached hydrogen (secondary N) is 1. The molecule has 5 nitrogen and oxygen atoms in total. The maximum Gasteiger partial charge on any atom is 0.165 e. The summed E-state index contributed by atoms with van der Waals surface area (Å²) in [6, 6.07) is 10.6. The lowest BCUT2D eigenvalue weighted by Gasteiger charge is -2.12. The second kappa shape index (κ2) is 6.50. The Balaban J connectivity index is 2.00. The first-order valence-corrected chi connectivity index (χ1v) is 7.98. The standard InChI is InChI=1S/C20H12F2N4O/c1-27-17-5-4-11(6-15(17)22)18-19(24-9-16-20(18)26-10-25-16)12-2-3-13(8-23)14(21)7-12/h2-7,9-10H,1H3,(H,25,26). The Kier molecular flexibility index (Phi) is 4.01. The van der Waals surface area contributed by atoms with Crippen molar-refractivity contribution in [2.45, 2.75) is 0 Å². The Hall–Kier alpha value is -3.79. The molecule has 0 saturated heterocycles. The van der Waals surface area contributed by atoms with E-state index in [1.807, 2.05) is 0 Å². The number of halogens is 2. The van der Waals surface area contributed by atoms with Gasteiger partial charge < -0.3 is 9.72 Å². The molecule has 0 aliphatic heterocycles. The molecule has 1 N–H and O–H groups in total. The molecule has 0 amide bonds. The summed E-state index contributed by atoms with van der Waals surface area (Å²) in [5.41, 5.74) is 3.21. The molecule has 0 saturated carbocycles. The van der Waals surface area contributed by atoms with E-state index >= 15 is 0 Å². The van der Waals surface area contributed by atoms with Gasteiger partial charge >= 0.3 is 0 Å². The van der Waals surface area contributed by atoms with E-state index in [9.17, 15) is 8.78 Å². The maximum absolute atomic E-state index is 14.3. The number of fused-ring (bicyclic) bond motifs is 1. The van der Waals surface area contributed by atoms with Gasteiger partial charge in [0, 0.05) is 11.1 Å². The molecule has 0 spiro atoms. The van der Waals surface area contributed by atoms with Crippen LogP contribution in [0.25, 0.3) is 33.4 Å². The highest BCUT2D eigenvalue weighted by atomic mass is 19.1. The molecule has 0 atom stereocenters. The van der Waals surface area contributed by atoms with Gasteiger partial charge in [-0.15, -0.1) is 0 Å². The molecule has 2 heterocycles. The lowest BCUT2D eigenvalue weighted by atomic mass is 9.97. The number of methoxy groups -OCH3 is 1. The zero-order valence-electron chi connectivity index (χ0n) is 14.1. The number of nitriles is 1. The van der Waals surface area contributed by atoms with Crippen molar-refractivity contribution < 1.29 is 13.5 Å². The van der Waals surface area contributed by atoms with Crippen molar-refractivity contribution in [3.63, 3.8) is 0 Å². The molecule has 0 bridgehead atoms. The summed E-state index contributed by atoms with van der Waals surface area (Å²) in [5, 5.41) is 8.93. The number of benzene rings is 2. The fourth-order valence-corrected chi connectivity index (χ4v) is 2.99. The summed E-state index contributed by atoms with van der Waals surface area (Å²) in [6.07, 6.45) is 3.07. The highest BCUT2D eigenvalue weighted by Gasteiger charge is 2.18. The van der Waals surface area contributed by atoms with Crippen LogP contribution in [0.5, 0.6) is 5.75 Å². The average molecular weight is 362 g/mol.